The Hall–Kier alpha value is -5.14. The Morgan fingerprint density at radius 1 is 0.783 bits per heavy atom. The number of phenols is 2. The maximum atomic E-state index is 13.1. The van der Waals surface area contributed by atoms with Gasteiger partial charge in [0.25, 0.3) is 0 Å². The molecule has 244 valence electrons. The van der Waals surface area contributed by atoms with Crippen molar-refractivity contribution in [3.63, 3.8) is 0 Å². The smallest absolute Gasteiger partial charge is 0.416 e. The van der Waals surface area contributed by atoms with Crippen LogP contribution in [0.15, 0.2) is 97.3 Å². The predicted octanol–water partition coefficient (Wildman–Crippen LogP) is 6.14. The van der Waals surface area contributed by atoms with Crippen molar-refractivity contribution in [3.05, 3.63) is 114 Å². The monoisotopic (exact) mass is 641 g/mol. The summed E-state index contributed by atoms with van der Waals surface area (Å²) in [6.07, 6.45) is -0.206. The largest absolute Gasteiger partial charge is 0.507 e. The molecule has 4 aromatic rings. The van der Waals surface area contributed by atoms with Gasteiger partial charge >= 0.3 is 18.1 Å². The van der Waals surface area contributed by atoms with Crippen LogP contribution in [0, 0.1) is 0 Å². The van der Waals surface area contributed by atoms with Crippen LogP contribution >= 0.6 is 0 Å². The van der Waals surface area contributed by atoms with Crippen molar-refractivity contribution >= 4 is 23.3 Å². The van der Waals surface area contributed by atoms with Crippen LogP contribution < -0.4 is 4.90 Å². The van der Waals surface area contributed by atoms with E-state index in [1.54, 1.807) is 42.7 Å². The number of hydrogen-bond donors (Lipinski definition) is 4. The molecule has 4 N–H and O–H groups in total. The molecule has 0 radical (unpaired) electrons. The molecule has 1 aliphatic rings. The molecule has 10 nitrogen and oxygen atoms in total. The van der Waals surface area contributed by atoms with Gasteiger partial charge in [-0.3, -0.25) is 9.88 Å². The van der Waals surface area contributed by atoms with E-state index in [1.807, 2.05) is 17.0 Å². The molecule has 0 amide bonds. The van der Waals surface area contributed by atoms with Crippen LogP contribution in [0.3, 0.4) is 0 Å². The third kappa shape index (κ3) is 11.1. The fraction of sp³-hybridized carbons (Fsp3) is 0.242. The third-order valence-corrected chi connectivity index (χ3v) is 6.69. The lowest BCUT2D eigenvalue weighted by atomic mass is 10.1. The summed E-state index contributed by atoms with van der Waals surface area (Å²) in [6, 6.07) is 20.7. The number of para-hydroxylation sites is 2. The minimum atomic E-state index is -4.35. The molecule has 46 heavy (non-hydrogen) atoms. The number of hydrogen-bond acceptors (Lipinski definition) is 8. The molecule has 0 unspecified atom stereocenters. The van der Waals surface area contributed by atoms with Crippen LogP contribution in [0.1, 0.15) is 32.7 Å². The van der Waals surface area contributed by atoms with E-state index in [-0.39, 0.29) is 22.6 Å². The Morgan fingerprint density at radius 3 is 1.80 bits per heavy atom. The van der Waals surface area contributed by atoms with Crippen molar-refractivity contribution in [2.24, 2.45) is 0 Å². The molecule has 1 fully saturated rings. The fourth-order valence-corrected chi connectivity index (χ4v) is 4.37. The van der Waals surface area contributed by atoms with Crippen molar-refractivity contribution in [2.45, 2.75) is 12.6 Å². The number of rotatable bonds is 8. The molecule has 13 heteroatoms. The van der Waals surface area contributed by atoms with Gasteiger partial charge in [0, 0.05) is 49.9 Å². The lowest BCUT2D eigenvalue weighted by molar-refractivity contribution is -0.137. The molecule has 1 saturated heterocycles. The van der Waals surface area contributed by atoms with E-state index in [1.165, 1.54) is 36.4 Å². The first-order valence-electron chi connectivity index (χ1n) is 14.1. The summed E-state index contributed by atoms with van der Waals surface area (Å²) in [4.78, 5) is 28.8. The Balaban J connectivity index is 0.000000235. The lowest BCUT2D eigenvalue weighted by Gasteiger charge is -2.29. The van der Waals surface area contributed by atoms with Crippen LogP contribution in [0.2, 0.25) is 0 Å². The van der Waals surface area contributed by atoms with Crippen molar-refractivity contribution in [1.82, 2.24) is 9.88 Å². The highest BCUT2D eigenvalue weighted by atomic mass is 19.4. The summed E-state index contributed by atoms with van der Waals surface area (Å²) in [5.41, 5.74) is 0.599. The van der Waals surface area contributed by atoms with Gasteiger partial charge in [0.15, 0.2) is 0 Å². The van der Waals surface area contributed by atoms with E-state index in [9.17, 15) is 22.8 Å². The first kappa shape index (κ1) is 35.3. The highest BCUT2D eigenvalue weighted by Crippen LogP contribution is 2.33. The summed E-state index contributed by atoms with van der Waals surface area (Å²) >= 11 is 0. The average molecular weight is 642 g/mol. The Labute approximate surface area is 263 Å². The number of aromatic nitrogens is 1. The van der Waals surface area contributed by atoms with Crippen LogP contribution in [-0.2, 0) is 10.9 Å². The molecule has 1 aromatic heterocycles. The molecule has 1 aliphatic heterocycles. The van der Waals surface area contributed by atoms with Crippen LogP contribution in [0.5, 0.6) is 11.5 Å². The van der Waals surface area contributed by atoms with Crippen molar-refractivity contribution < 1.29 is 47.9 Å². The zero-order valence-corrected chi connectivity index (χ0v) is 24.7. The topological polar surface area (TPSA) is 144 Å². The first-order valence-corrected chi connectivity index (χ1v) is 14.1. The number of ether oxygens (including phenoxy) is 1. The van der Waals surface area contributed by atoms with Crippen LogP contribution in [-0.4, -0.2) is 81.6 Å². The Bertz CT molecular complexity index is 1490. The quantitative estimate of drug-likeness (QED) is 0.177. The third-order valence-electron chi connectivity index (χ3n) is 6.69. The number of halogens is 3. The lowest BCUT2D eigenvalue weighted by Crippen LogP contribution is -2.37. The minimum Gasteiger partial charge on any atom is -0.507 e. The summed E-state index contributed by atoms with van der Waals surface area (Å²) < 4.78 is 44.6. The molecule has 0 saturated carbocycles. The summed E-state index contributed by atoms with van der Waals surface area (Å²) in [5, 5.41) is 34.6. The number of anilines is 2. The number of aromatic hydroxyl groups is 2. The van der Waals surface area contributed by atoms with Gasteiger partial charge in [-0.1, -0.05) is 30.3 Å². The van der Waals surface area contributed by atoms with Gasteiger partial charge in [0.2, 0.25) is 0 Å². The first-order chi connectivity index (χ1) is 22.0. The standard InChI is InChI=1S/C19H22F3N3O.2C7H6O3/c20-19(21,22)16-3-1-4-18(15-16)25(17-5-7-23-8-6-17)10-2-9-24-11-13-26-14-12-24;2*8-6-4-2-1-3-5(6)7(9)10/h1,3-8,15H,2,9-14H2;2*1-4,8H,(H,9,10). The molecular formula is C33H34F3N3O7. The van der Waals surface area contributed by atoms with E-state index in [4.69, 9.17) is 25.2 Å². The van der Waals surface area contributed by atoms with Crippen molar-refractivity contribution in [1.29, 1.82) is 0 Å². The zero-order chi connectivity index (χ0) is 33.5. The van der Waals surface area contributed by atoms with Crippen molar-refractivity contribution in [2.75, 3.05) is 44.3 Å². The van der Waals surface area contributed by atoms with Crippen molar-refractivity contribution in [3.8, 4) is 11.5 Å². The molecule has 0 bridgehead atoms. The number of nitrogens with zero attached hydrogens (tertiary/aromatic N) is 3. The number of carboxylic acid groups (broad SMARTS) is 2. The van der Waals surface area contributed by atoms with Crippen LogP contribution in [0.25, 0.3) is 0 Å². The zero-order valence-electron chi connectivity index (χ0n) is 24.7. The summed E-state index contributed by atoms with van der Waals surface area (Å²) in [6.45, 7) is 4.80. The number of carbonyl (C=O) groups is 2. The number of alkyl halides is 3. The number of benzene rings is 3. The second-order valence-electron chi connectivity index (χ2n) is 9.86. The number of carboxylic acids is 2. The highest BCUT2D eigenvalue weighted by Gasteiger charge is 2.31. The molecule has 2 heterocycles. The molecule has 5 rings (SSSR count). The summed E-state index contributed by atoms with van der Waals surface area (Å²) in [7, 11) is 0. The normalized spacial score (nSPS) is 12.9. The number of pyridine rings is 1. The SMILES string of the molecule is FC(F)(F)c1cccc(N(CCCN2CCOCC2)c2ccncc2)c1.O=C(O)c1ccccc1O.O=C(O)c1ccccc1O. The maximum absolute atomic E-state index is 13.1. The minimum absolute atomic E-state index is 0.0671. The maximum Gasteiger partial charge on any atom is 0.416 e. The average Bonchev–Trinajstić information content (AvgIpc) is 3.04. The van der Waals surface area contributed by atoms with E-state index in [0.29, 0.717) is 12.2 Å². The van der Waals surface area contributed by atoms with E-state index in [0.717, 1.165) is 51.0 Å². The molecule has 0 atom stereocenters. The van der Waals surface area contributed by atoms with Gasteiger partial charge in [0.05, 0.1) is 18.8 Å². The molecule has 0 spiro atoms. The molecular weight excluding hydrogens is 607 g/mol. The fourth-order valence-electron chi connectivity index (χ4n) is 4.37. The number of morpholine rings is 1. The van der Waals surface area contributed by atoms with Crippen LogP contribution in [0.4, 0.5) is 24.5 Å². The molecule has 0 aliphatic carbocycles. The van der Waals surface area contributed by atoms with E-state index >= 15 is 0 Å². The van der Waals surface area contributed by atoms with Gasteiger partial charge < -0.3 is 30.1 Å². The number of aromatic carboxylic acids is 2. The predicted molar refractivity (Wildman–Crippen MR) is 165 cm³/mol. The van der Waals surface area contributed by atoms with Gasteiger partial charge in [-0.25, -0.2) is 9.59 Å². The van der Waals surface area contributed by atoms with Gasteiger partial charge in [-0.2, -0.15) is 13.2 Å². The van der Waals surface area contributed by atoms with Gasteiger partial charge in [0.1, 0.15) is 22.6 Å². The highest BCUT2D eigenvalue weighted by molar-refractivity contribution is 5.91. The Kier molecular flexibility index (Phi) is 13.3. The second-order valence-corrected chi connectivity index (χ2v) is 9.86. The molecule has 3 aromatic carbocycles. The van der Waals surface area contributed by atoms with Gasteiger partial charge in [-0.05, 0) is 61.0 Å². The summed E-state index contributed by atoms with van der Waals surface area (Å²) in [5.74, 6) is -2.62. The Morgan fingerprint density at radius 2 is 1.33 bits per heavy atom. The second kappa shape index (κ2) is 17.4. The van der Waals surface area contributed by atoms with E-state index in [2.05, 4.69) is 9.88 Å². The van der Waals surface area contributed by atoms with E-state index < -0.39 is 23.7 Å². The van der Waals surface area contributed by atoms with Gasteiger partial charge in [-0.15, -0.1) is 0 Å².